The minimum absolute atomic E-state index is 0.0345. The highest BCUT2D eigenvalue weighted by molar-refractivity contribution is 5.92. The van der Waals surface area contributed by atoms with Crippen LogP contribution in [0.4, 0.5) is 0 Å². The predicted octanol–water partition coefficient (Wildman–Crippen LogP) is 3.17. The monoisotopic (exact) mass is 241 g/mol. The summed E-state index contributed by atoms with van der Waals surface area (Å²) < 4.78 is 5.68. The van der Waals surface area contributed by atoms with Crippen LogP contribution in [-0.4, -0.2) is 10.8 Å². The first-order valence-corrected chi connectivity index (χ1v) is 5.82. The molecule has 18 heavy (non-hydrogen) atoms. The SMILES string of the molecule is CC(=O)c1ccc(OCc2ccccc2)c(C)n1. The number of nitrogens with zero attached hydrogens (tertiary/aromatic N) is 1. The molecule has 1 heterocycles. The smallest absolute Gasteiger partial charge is 0.178 e. The predicted molar refractivity (Wildman–Crippen MR) is 69.8 cm³/mol. The van der Waals surface area contributed by atoms with Gasteiger partial charge in [-0.15, -0.1) is 0 Å². The molecule has 0 atom stereocenters. The first kappa shape index (κ1) is 12.3. The van der Waals surface area contributed by atoms with E-state index in [9.17, 15) is 4.79 Å². The van der Waals surface area contributed by atoms with Crippen molar-refractivity contribution in [2.45, 2.75) is 20.5 Å². The molecule has 0 saturated carbocycles. The molecule has 1 aromatic heterocycles. The Balaban J connectivity index is 2.08. The minimum Gasteiger partial charge on any atom is -0.487 e. The van der Waals surface area contributed by atoms with Gasteiger partial charge in [-0.1, -0.05) is 30.3 Å². The van der Waals surface area contributed by atoms with Crippen LogP contribution >= 0.6 is 0 Å². The Labute approximate surface area is 106 Å². The van der Waals surface area contributed by atoms with Crippen molar-refractivity contribution in [3.8, 4) is 5.75 Å². The number of benzene rings is 1. The second kappa shape index (κ2) is 5.45. The quantitative estimate of drug-likeness (QED) is 0.772. The van der Waals surface area contributed by atoms with Crippen LogP contribution in [0.1, 0.15) is 28.7 Å². The first-order chi connectivity index (χ1) is 8.66. The number of hydrogen-bond acceptors (Lipinski definition) is 3. The summed E-state index contributed by atoms with van der Waals surface area (Å²) in [6.45, 7) is 3.85. The summed E-state index contributed by atoms with van der Waals surface area (Å²) in [5, 5.41) is 0. The number of hydrogen-bond donors (Lipinski definition) is 0. The summed E-state index contributed by atoms with van der Waals surface area (Å²) in [5.41, 5.74) is 2.31. The Bertz CT molecular complexity index is 550. The molecule has 0 saturated heterocycles. The van der Waals surface area contributed by atoms with Gasteiger partial charge >= 0.3 is 0 Å². The van der Waals surface area contributed by atoms with Crippen LogP contribution in [0.25, 0.3) is 0 Å². The molecular formula is C15H15NO2. The number of carbonyl (C=O) groups is 1. The van der Waals surface area contributed by atoms with Crippen LogP contribution in [0.5, 0.6) is 5.75 Å². The minimum atomic E-state index is -0.0345. The molecule has 92 valence electrons. The molecule has 0 aliphatic rings. The number of rotatable bonds is 4. The van der Waals surface area contributed by atoms with Crippen LogP contribution in [0, 0.1) is 6.92 Å². The fourth-order valence-corrected chi connectivity index (χ4v) is 1.63. The molecule has 0 spiro atoms. The molecule has 0 radical (unpaired) electrons. The lowest BCUT2D eigenvalue weighted by Gasteiger charge is -2.09. The van der Waals surface area contributed by atoms with Crippen molar-refractivity contribution in [1.82, 2.24) is 4.98 Å². The Morgan fingerprint density at radius 1 is 1.17 bits per heavy atom. The largest absolute Gasteiger partial charge is 0.487 e. The van der Waals surface area contributed by atoms with Gasteiger partial charge in [-0.25, -0.2) is 4.98 Å². The fraction of sp³-hybridized carbons (Fsp3) is 0.200. The lowest BCUT2D eigenvalue weighted by molar-refractivity contribution is 0.101. The second-order valence-corrected chi connectivity index (χ2v) is 4.11. The molecule has 0 aliphatic heterocycles. The van der Waals surface area contributed by atoms with Crippen molar-refractivity contribution >= 4 is 5.78 Å². The van der Waals surface area contributed by atoms with E-state index in [1.165, 1.54) is 6.92 Å². The number of ether oxygens (including phenoxy) is 1. The van der Waals surface area contributed by atoms with Crippen molar-refractivity contribution in [1.29, 1.82) is 0 Å². The zero-order valence-corrected chi connectivity index (χ0v) is 10.5. The van der Waals surface area contributed by atoms with E-state index in [2.05, 4.69) is 4.98 Å². The zero-order chi connectivity index (χ0) is 13.0. The Kier molecular flexibility index (Phi) is 3.72. The van der Waals surface area contributed by atoms with Crippen LogP contribution in [-0.2, 0) is 6.61 Å². The van der Waals surface area contributed by atoms with E-state index < -0.39 is 0 Å². The first-order valence-electron chi connectivity index (χ1n) is 5.82. The molecule has 2 aromatic rings. The van der Waals surface area contributed by atoms with Gasteiger partial charge in [0, 0.05) is 6.92 Å². The van der Waals surface area contributed by atoms with Crippen molar-refractivity contribution in [3.63, 3.8) is 0 Å². The highest BCUT2D eigenvalue weighted by atomic mass is 16.5. The molecule has 0 fully saturated rings. The maximum absolute atomic E-state index is 11.2. The maximum atomic E-state index is 11.2. The van der Waals surface area contributed by atoms with Crippen molar-refractivity contribution in [2.75, 3.05) is 0 Å². The lowest BCUT2D eigenvalue weighted by atomic mass is 10.2. The van der Waals surface area contributed by atoms with Crippen molar-refractivity contribution in [3.05, 3.63) is 59.4 Å². The van der Waals surface area contributed by atoms with E-state index in [-0.39, 0.29) is 5.78 Å². The average molecular weight is 241 g/mol. The second-order valence-electron chi connectivity index (χ2n) is 4.11. The molecule has 2 rings (SSSR count). The number of aryl methyl sites for hydroxylation is 1. The van der Waals surface area contributed by atoms with Crippen molar-refractivity contribution in [2.24, 2.45) is 0 Å². The van der Waals surface area contributed by atoms with Crippen LogP contribution in [0.3, 0.4) is 0 Å². The Morgan fingerprint density at radius 2 is 1.89 bits per heavy atom. The number of carbonyl (C=O) groups excluding carboxylic acids is 1. The Hall–Kier alpha value is -2.16. The summed E-state index contributed by atoms with van der Waals surface area (Å²) in [4.78, 5) is 15.4. The van der Waals surface area contributed by atoms with E-state index >= 15 is 0 Å². The third-order valence-electron chi connectivity index (χ3n) is 2.64. The van der Waals surface area contributed by atoms with Gasteiger partial charge in [-0.2, -0.15) is 0 Å². The van der Waals surface area contributed by atoms with Gasteiger partial charge in [-0.05, 0) is 24.6 Å². The van der Waals surface area contributed by atoms with Gasteiger partial charge in [0.25, 0.3) is 0 Å². The van der Waals surface area contributed by atoms with Gasteiger partial charge in [0.05, 0.1) is 5.69 Å². The van der Waals surface area contributed by atoms with Crippen LogP contribution < -0.4 is 4.74 Å². The van der Waals surface area contributed by atoms with Gasteiger partial charge < -0.3 is 4.74 Å². The van der Waals surface area contributed by atoms with Gasteiger partial charge in [0.2, 0.25) is 0 Å². The summed E-state index contributed by atoms with van der Waals surface area (Å²) >= 11 is 0. The van der Waals surface area contributed by atoms with E-state index in [0.29, 0.717) is 18.1 Å². The third kappa shape index (κ3) is 2.94. The normalized spacial score (nSPS) is 10.1. The molecular weight excluding hydrogens is 226 g/mol. The number of ketones is 1. The van der Waals surface area contributed by atoms with Crippen molar-refractivity contribution < 1.29 is 9.53 Å². The summed E-state index contributed by atoms with van der Waals surface area (Å²) in [7, 11) is 0. The molecule has 3 heteroatoms. The topological polar surface area (TPSA) is 39.2 Å². The molecule has 0 bridgehead atoms. The van der Waals surface area contributed by atoms with Gasteiger partial charge in [-0.3, -0.25) is 4.79 Å². The van der Waals surface area contributed by atoms with E-state index in [1.807, 2.05) is 37.3 Å². The van der Waals surface area contributed by atoms with E-state index in [0.717, 1.165) is 11.3 Å². The number of aromatic nitrogens is 1. The van der Waals surface area contributed by atoms with Crippen LogP contribution in [0.15, 0.2) is 42.5 Å². The molecule has 0 N–H and O–H groups in total. The van der Waals surface area contributed by atoms with E-state index in [4.69, 9.17) is 4.74 Å². The Morgan fingerprint density at radius 3 is 2.50 bits per heavy atom. The molecule has 0 amide bonds. The molecule has 3 nitrogen and oxygen atoms in total. The van der Waals surface area contributed by atoms with Gasteiger partial charge in [0.15, 0.2) is 5.78 Å². The van der Waals surface area contributed by atoms with Crippen LogP contribution in [0.2, 0.25) is 0 Å². The van der Waals surface area contributed by atoms with E-state index in [1.54, 1.807) is 12.1 Å². The summed E-state index contributed by atoms with van der Waals surface area (Å²) in [6.07, 6.45) is 0. The standard InChI is InChI=1S/C15H15NO2/c1-11-15(9-8-14(16-11)12(2)17)18-10-13-6-4-3-5-7-13/h3-9H,10H2,1-2H3. The molecule has 0 unspecified atom stereocenters. The number of Topliss-reactive ketones (excluding diaryl/α,β-unsaturated/α-hetero) is 1. The maximum Gasteiger partial charge on any atom is 0.178 e. The highest BCUT2D eigenvalue weighted by Gasteiger charge is 2.06. The number of pyridine rings is 1. The van der Waals surface area contributed by atoms with Gasteiger partial charge in [0.1, 0.15) is 18.1 Å². The third-order valence-corrected chi connectivity index (χ3v) is 2.64. The zero-order valence-electron chi connectivity index (χ0n) is 10.5. The summed E-state index contributed by atoms with van der Waals surface area (Å²) in [5.74, 6) is 0.677. The lowest BCUT2D eigenvalue weighted by Crippen LogP contribution is -2.02. The molecule has 1 aromatic carbocycles. The fourth-order valence-electron chi connectivity index (χ4n) is 1.63. The molecule has 0 aliphatic carbocycles. The summed E-state index contributed by atoms with van der Waals surface area (Å²) in [6, 6.07) is 13.4. The highest BCUT2D eigenvalue weighted by Crippen LogP contribution is 2.17. The average Bonchev–Trinajstić information content (AvgIpc) is 2.38.